The van der Waals surface area contributed by atoms with Crippen LogP contribution in [0.3, 0.4) is 0 Å². The van der Waals surface area contributed by atoms with Gasteiger partial charge in [0.25, 0.3) is 0 Å². The molecule has 1 saturated heterocycles. The van der Waals surface area contributed by atoms with Gasteiger partial charge in [-0.15, -0.1) is 0 Å². The normalized spacial score (nSPS) is 39.8. The summed E-state index contributed by atoms with van der Waals surface area (Å²) in [6.07, 6.45) is -6.51. The first kappa shape index (κ1) is 12.0. The van der Waals surface area contributed by atoms with Crippen LogP contribution in [0.2, 0.25) is 0 Å². The molecule has 8 nitrogen and oxygen atoms in total. The third kappa shape index (κ3) is 2.97. The third-order valence-electron chi connectivity index (χ3n) is 1.69. The van der Waals surface area contributed by atoms with Crippen molar-refractivity contribution < 1.29 is 38.9 Å². The van der Waals surface area contributed by atoms with Crippen LogP contribution in [0.1, 0.15) is 0 Å². The third-order valence-corrected chi connectivity index (χ3v) is 2.15. The van der Waals surface area contributed by atoms with Gasteiger partial charge >= 0.3 is 0 Å². The molecule has 0 amide bonds. The van der Waals surface area contributed by atoms with E-state index in [0.29, 0.717) is 0 Å². The molecule has 4 atom stereocenters. The highest BCUT2D eigenvalue weighted by atomic mass is 31.2. The minimum absolute atomic E-state index is 0.428. The van der Waals surface area contributed by atoms with Crippen LogP contribution in [0, 0.1) is 0 Å². The van der Waals surface area contributed by atoms with E-state index in [1.54, 1.807) is 0 Å². The maximum atomic E-state index is 10.1. The lowest BCUT2D eigenvalue weighted by atomic mass is 10.1. The van der Waals surface area contributed by atoms with E-state index in [2.05, 4.69) is 9.26 Å². The molecule has 3 N–H and O–H groups in total. The molecule has 0 aromatic heterocycles. The van der Waals surface area contributed by atoms with E-state index in [1.165, 1.54) is 0 Å². The van der Waals surface area contributed by atoms with Crippen molar-refractivity contribution in [2.75, 3.05) is 6.61 Å². The molecule has 0 saturated carbocycles. The van der Waals surface area contributed by atoms with Gasteiger partial charge in [-0.3, -0.25) is 0 Å². The van der Waals surface area contributed by atoms with Crippen molar-refractivity contribution in [1.82, 2.24) is 0 Å². The molecule has 0 bridgehead atoms. The molecule has 1 aliphatic heterocycles. The highest BCUT2D eigenvalue weighted by Crippen LogP contribution is 2.31. The van der Waals surface area contributed by atoms with Gasteiger partial charge < -0.3 is 38.9 Å². The summed E-state index contributed by atoms with van der Waals surface area (Å²) in [4.78, 5) is 20.3. The smallest absolute Gasteiger partial charge is 0.190 e. The van der Waals surface area contributed by atoms with Gasteiger partial charge in [0.1, 0.15) is 18.3 Å². The topological polar surface area (TPSA) is 142 Å². The Labute approximate surface area is 78.9 Å². The predicted octanol–water partition coefficient (Wildman–Crippen LogP) is -3.73. The van der Waals surface area contributed by atoms with Crippen molar-refractivity contribution in [3.8, 4) is 0 Å². The minimum Gasteiger partial charge on any atom is -0.790 e. The molecule has 84 valence electrons. The van der Waals surface area contributed by atoms with Crippen molar-refractivity contribution in [2.45, 2.75) is 24.6 Å². The van der Waals surface area contributed by atoms with E-state index in [1.807, 2.05) is 0 Å². The van der Waals surface area contributed by atoms with Crippen molar-refractivity contribution in [3.05, 3.63) is 0 Å². The van der Waals surface area contributed by atoms with Crippen LogP contribution in [-0.4, -0.2) is 46.5 Å². The summed E-state index contributed by atoms with van der Waals surface area (Å²) in [5.41, 5.74) is 0. The first-order valence-electron chi connectivity index (χ1n) is 3.67. The molecule has 0 aliphatic carbocycles. The Morgan fingerprint density at radius 1 is 1.29 bits per heavy atom. The van der Waals surface area contributed by atoms with E-state index >= 15 is 0 Å². The molecule has 1 rings (SSSR count). The monoisotopic (exact) mass is 228 g/mol. The van der Waals surface area contributed by atoms with Gasteiger partial charge in [-0.25, -0.2) is 0 Å². The number of aliphatic hydroxyl groups excluding tert-OH is 3. The molecule has 1 fully saturated rings. The van der Waals surface area contributed by atoms with Gasteiger partial charge in [0, 0.05) is 0 Å². The molecular weight excluding hydrogens is 219 g/mol. The second-order valence-corrected chi connectivity index (χ2v) is 3.91. The van der Waals surface area contributed by atoms with Crippen LogP contribution in [-0.2, 0) is 13.8 Å². The van der Waals surface area contributed by atoms with E-state index in [9.17, 15) is 14.4 Å². The van der Waals surface area contributed by atoms with Crippen LogP contribution in [0.25, 0.3) is 0 Å². The highest BCUT2D eigenvalue weighted by molar-refractivity contribution is 7.43. The van der Waals surface area contributed by atoms with Crippen molar-refractivity contribution >= 4 is 7.82 Å². The van der Waals surface area contributed by atoms with Gasteiger partial charge in [0.2, 0.25) is 0 Å². The molecule has 0 aromatic rings. The number of phosphoric acid groups is 1. The van der Waals surface area contributed by atoms with Crippen LogP contribution >= 0.6 is 7.82 Å². The maximum absolute atomic E-state index is 10.1. The number of ether oxygens (including phenoxy) is 1. The lowest BCUT2D eigenvalue weighted by Gasteiger charge is -2.40. The van der Waals surface area contributed by atoms with E-state index in [4.69, 9.17) is 15.3 Å². The van der Waals surface area contributed by atoms with Gasteiger partial charge in [0.05, 0.1) is 14.4 Å². The lowest BCUT2D eigenvalue weighted by Crippen LogP contribution is -2.54. The van der Waals surface area contributed by atoms with Crippen molar-refractivity contribution in [3.63, 3.8) is 0 Å². The number of hydrogen-bond donors (Lipinski definition) is 3. The summed E-state index contributed by atoms with van der Waals surface area (Å²) < 4.78 is 18.5. The number of rotatable bonds is 2. The van der Waals surface area contributed by atoms with Gasteiger partial charge in [-0.2, -0.15) is 0 Å². The average molecular weight is 228 g/mol. The summed E-state index contributed by atoms with van der Waals surface area (Å²) in [6.45, 7) is -0.428. The Morgan fingerprint density at radius 3 is 2.36 bits per heavy atom. The number of aliphatic hydroxyl groups is 3. The zero-order valence-corrected chi connectivity index (χ0v) is 7.74. The van der Waals surface area contributed by atoms with Crippen LogP contribution in [0.15, 0.2) is 0 Å². The Hall–Kier alpha value is -0.0500. The zero-order valence-electron chi connectivity index (χ0n) is 6.85. The van der Waals surface area contributed by atoms with Crippen LogP contribution in [0.5, 0.6) is 0 Å². The summed E-state index contributed by atoms with van der Waals surface area (Å²) in [5, 5.41) is 27.1. The zero-order chi connectivity index (χ0) is 10.9. The van der Waals surface area contributed by atoms with Gasteiger partial charge in [-0.1, -0.05) is 0 Å². The summed E-state index contributed by atoms with van der Waals surface area (Å²) >= 11 is 0. The SMILES string of the molecule is O=P([O-])([O-])OC1OCC(O)C(O)C1O. The van der Waals surface area contributed by atoms with Crippen molar-refractivity contribution in [2.24, 2.45) is 0 Å². The first-order valence-corrected chi connectivity index (χ1v) is 5.13. The minimum atomic E-state index is -5.30. The molecule has 0 radical (unpaired) electrons. The fourth-order valence-electron chi connectivity index (χ4n) is 0.999. The maximum Gasteiger partial charge on any atom is 0.190 e. The quantitative estimate of drug-likeness (QED) is 0.409. The van der Waals surface area contributed by atoms with Gasteiger partial charge in [0.15, 0.2) is 6.29 Å². The van der Waals surface area contributed by atoms with Crippen LogP contribution in [0.4, 0.5) is 0 Å². The fraction of sp³-hybridized carbons (Fsp3) is 1.00. The second kappa shape index (κ2) is 4.21. The first-order chi connectivity index (χ1) is 6.31. The van der Waals surface area contributed by atoms with Crippen molar-refractivity contribution in [1.29, 1.82) is 0 Å². The summed E-state index contributed by atoms with van der Waals surface area (Å²) in [5.74, 6) is 0. The molecular formula is C5H9O8P-2. The molecule has 9 heteroatoms. The molecule has 14 heavy (non-hydrogen) atoms. The Kier molecular flexibility index (Phi) is 3.62. The molecule has 4 unspecified atom stereocenters. The van der Waals surface area contributed by atoms with Crippen LogP contribution < -0.4 is 9.79 Å². The summed E-state index contributed by atoms with van der Waals surface area (Å²) in [7, 11) is -5.30. The van der Waals surface area contributed by atoms with E-state index in [-0.39, 0.29) is 0 Å². The molecule has 0 aromatic carbocycles. The standard InChI is InChI=1S/C5H11O8P/c6-2-1-12-5(4(8)3(2)7)13-14(9,10)11/h2-8H,1H2,(H2,9,10,11)/p-2. The summed E-state index contributed by atoms with van der Waals surface area (Å²) in [6, 6.07) is 0. The van der Waals surface area contributed by atoms with E-state index < -0.39 is 39.0 Å². The Morgan fingerprint density at radius 2 is 1.86 bits per heavy atom. The number of phosphoric ester groups is 1. The van der Waals surface area contributed by atoms with E-state index in [0.717, 1.165) is 0 Å². The molecule has 0 spiro atoms. The average Bonchev–Trinajstić information content (AvgIpc) is 2.04. The highest BCUT2D eigenvalue weighted by Gasteiger charge is 2.38. The second-order valence-electron chi connectivity index (χ2n) is 2.80. The lowest BCUT2D eigenvalue weighted by molar-refractivity contribution is -0.363. The van der Waals surface area contributed by atoms with Gasteiger partial charge in [-0.05, 0) is 0 Å². The fourth-order valence-corrected chi connectivity index (χ4v) is 1.44. The molecule has 1 aliphatic rings. The predicted molar refractivity (Wildman–Crippen MR) is 36.5 cm³/mol. The largest absolute Gasteiger partial charge is 0.790 e. The molecule has 1 heterocycles. The Balaban J connectivity index is 2.60. The Bertz CT molecular complexity index is 238. The number of hydrogen-bond acceptors (Lipinski definition) is 8.